The highest BCUT2D eigenvalue weighted by atomic mass is 35.5. The van der Waals surface area contributed by atoms with E-state index in [2.05, 4.69) is 21.4 Å². The SMILES string of the molecule is CNc1ncc(Cl)c(Oc2ccc3ccccc3c2)n1. The second kappa shape index (κ2) is 5.35. The molecule has 4 nitrogen and oxygen atoms in total. The maximum Gasteiger partial charge on any atom is 0.243 e. The van der Waals surface area contributed by atoms with Crippen LogP contribution in [-0.2, 0) is 0 Å². The van der Waals surface area contributed by atoms with E-state index in [-0.39, 0.29) is 0 Å². The molecule has 0 saturated carbocycles. The van der Waals surface area contributed by atoms with Crippen molar-refractivity contribution in [1.29, 1.82) is 0 Å². The zero-order valence-electron chi connectivity index (χ0n) is 10.8. The summed E-state index contributed by atoms with van der Waals surface area (Å²) in [5.74, 6) is 1.48. The van der Waals surface area contributed by atoms with Crippen molar-refractivity contribution < 1.29 is 4.74 Å². The van der Waals surface area contributed by atoms with Gasteiger partial charge in [-0.1, -0.05) is 41.9 Å². The normalized spacial score (nSPS) is 10.5. The van der Waals surface area contributed by atoms with Gasteiger partial charge in [-0.2, -0.15) is 4.98 Å². The Balaban J connectivity index is 1.96. The predicted octanol–water partition coefficient (Wildman–Crippen LogP) is 4.12. The van der Waals surface area contributed by atoms with Gasteiger partial charge in [-0.3, -0.25) is 0 Å². The van der Waals surface area contributed by atoms with Gasteiger partial charge in [0.1, 0.15) is 10.8 Å². The number of fused-ring (bicyclic) bond motifs is 1. The Kier molecular flexibility index (Phi) is 3.39. The zero-order chi connectivity index (χ0) is 13.9. The van der Waals surface area contributed by atoms with Crippen molar-refractivity contribution in [2.24, 2.45) is 0 Å². The zero-order valence-corrected chi connectivity index (χ0v) is 11.6. The fourth-order valence-electron chi connectivity index (χ4n) is 1.89. The number of aromatic nitrogens is 2. The van der Waals surface area contributed by atoms with Gasteiger partial charge in [0, 0.05) is 7.05 Å². The van der Waals surface area contributed by atoms with Crippen LogP contribution in [0, 0.1) is 0 Å². The summed E-state index contributed by atoms with van der Waals surface area (Å²) in [5, 5.41) is 5.48. The third-order valence-electron chi connectivity index (χ3n) is 2.87. The molecular weight excluding hydrogens is 274 g/mol. The summed E-state index contributed by atoms with van der Waals surface area (Å²) >= 11 is 6.04. The highest BCUT2D eigenvalue weighted by Gasteiger charge is 2.07. The molecule has 1 N–H and O–H groups in total. The largest absolute Gasteiger partial charge is 0.437 e. The number of rotatable bonds is 3. The Labute approximate surface area is 121 Å². The summed E-state index contributed by atoms with van der Waals surface area (Å²) < 4.78 is 5.74. The number of nitrogens with zero attached hydrogens (tertiary/aromatic N) is 2. The van der Waals surface area contributed by atoms with Crippen molar-refractivity contribution in [1.82, 2.24) is 9.97 Å². The molecule has 0 bridgehead atoms. The van der Waals surface area contributed by atoms with Crippen LogP contribution in [0.2, 0.25) is 5.02 Å². The van der Waals surface area contributed by atoms with Gasteiger partial charge in [0.25, 0.3) is 0 Å². The minimum Gasteiger partial charge on any atom is -0.437 e. The van der Waals surface area contributed by atoms with Gasteiger partial charge < -0.3 is 10.1 Å². The first-order chi connectivity index (χ1) is 9.76. The lowest BCUT2D eigenvalue weighted by atomic mass is 10.1. The van der Waals surface area contributed by atoms with E-state index < -0.39 is 0 Å². The van der Waals surface area contributed by atoms with Gasteiger partial charge in [0.15, 0.2) is 0 Å². The monoisotopic (exact) mass is 285 g/mol. The minimum absolute atomic E-state index is 0.335. The van der Waals surface area contributed by atoms with Crippen LogP contribution in [0.25, 0.3) is 10.8 Å². The van der Waals surface area contributed by atoms with Crippen molar-refractivity contribution >= 4 is 28.3 Å². The van der Waals surface area contributed by atoms with Crippen molar-refractivity contribution in [2.75, 3.05) is 12.4 Å². The quantitative estimate of drug-likeness (QED) is 0.786. The lowest BCUT2D eigenvalue weighted by molar-refractivity contribution is 0.463. The fraction of sp³-hybridized carbons (Fsp3) is 0.0667. The molecule has 0 amide bonds. The maximum atomic E-state index is 6.04. The first-order valence-electron chi connectivity index (χ1n) is 6.13. The number of benzene rings is 2. The maximum absolute atomic E-state index is 6.04. The molecule has 0 unspecified atom stereocenters. The molecule has 2 aromatic carbocycles. The Morgan fingerprint density at radius 2 is 1.90 bits per heavy atom. The average molecular weight is 286 g/mol. The summed E-state index contributed by atoms with van der Waals surface area (Å²) in [7, 11) is 1.74. The van der Waals surface area contributed by atoms with Crippen molar-refractivity contribution in [3.8, 4) is 11.6 Å². The molecule has 3 rings (SSSR count). The van der Waals surface area contributed by atoms with E-state index in [1.54, 1.807) is 7.05 Å². The molecule has 1 aromatic heterocycles. The molecule has 0 radical (unpaired) electrons. The molecule has 0 atom stereocenters. The predicted molar refractivity (Wildman–Crippen MR) is 80.6 cm³/mol. The molecule has 0 aliphatic carbocycles. The van der Waals surface area contributed by atoms with Crippen LogP contribution in [-0.4, -0.2) is 17.0 Å². The van der Waals surface area contributed by atoms with Crippen LogP contribution in [0.3, 0.4) is 0 Å². The molecule has 100 valence electrons. The Hall–Kier alpha value is -2.33. The molecule has 0 aliphatic heterocycles. The number of nitrogens with one attached hydrogen (secondary N) is 1. The smallest absolute Gasteiger partial charge is 0.243 e. The van der Waals surface area contributed by atoms with E-state index in [1.165, 1.54) is 6.20 Å². The van der Waals surface area contributed by atoms with E-state index in [4.69, 9.17) is 16.3 Å². The van der Waals surface area contributed by atoms with Crippen LogP contribution in [0.1, 0.15) is 0 Å². The number of ether oxygens (including phenoxy) is 1. The van der Waals surface area contributed by atoms with Crippen LogP contribution in [0.5, 0.6) is 11.6 Å². The summed E-state index contributed by atoms with van der Waals surface area (Å²) in [4.78, 5) is 8.20. The molecule has 3 aromatic rings. The Morgan fingerprint density at radius 3 is 2.70 bits per heavy atom. The van der Waals surface area contributed by atoms with Crippen LogP contribution in [0.4, 0.5) is 5.95 Å². The molecule has 5 heteroatoms. The summed E-state index contributed by atoms with van der Waals surface area (Å²) in [6.45, 7) is 0. The third-order valence-corrected chi connectivity index (χ3v) is 3.13. The van der Waals surface area contributed by atoms with E-state index in [1.807, 2.05) is 36.4 Å². The van der Waals surface area contributed by atoms with Gasteiger partial charge in [0.2, 0.25) is 11.8 Å². The van der Waals surface area contributed by atoms with Gasteiger partial charge in [-0.05, 0) is 22.9 Å². The van der Waals surface area contributed by atoms with E-state index in [0.29, 0.717) is 22.6 Å². The van der Waals surface area contributed by atoms with Crippen LogP contribution >= 0.6 is 11.6 Å². The molecule has 0 aliphatic rings. The van der Waals surface area contributed by atoms with E-state index in [9.17, 15) is 0 Å². The number of hydrogen-bond acceptors (Lipinski definition) is 4. The van der Waals surface area contributed by atoms with E-state index in [0.717, 1.165) is 10.8 Å². The van der Waals surface area contributed by atoms with Crippen LogP contribution < -0.4 is 10.1 Å². The Morgan fingerprint density at radius 1 is 1.10 bits per heavy atom. The lowest BCUT2D eigenvalue weighted by Gasteiger charge is -2.08. The molecule has 1 heterocycles. The molecular formula is C15H12ClN3O. The fourth-order valence-corrected chi connectivity index (χ4v) is 2.02. The van der Waals surface area contributed by atoms with Gasteiger partial charge >= 0.3 is 0 Å². The molecule has 20 heavy (non-hydrogen) atoms. The second-order valence-electron chi connectivity index (χ2n) is 4.21. The average Bonchev–Trinajstić information content (AvgIpc) is 2.49. The standard InChI is InChI=1S/C15H12ClN3O/c1-17-15-18-9-13(16)14(19-15)20-12-7-6-10-4-2-3-5-11(10)8-12/h2-9H,1H3,(H,17,18,19). The first kappa shape index (κ1) is 12.7. The molecule has 0 spiro atoms. The lowest BCUT2D eigenvalue weighted by Crippen LogP contribution is -1.98. The second-order valence-corrected chi connectivity index (χ2v) is 4.61. The van der Waals surface area contributed by atoms with Crippen molar-refractivity contribution in [2.45, 2.75) is 0 Å². The van der Waals surface area contributed by atoms with Crippen molar-refractivity contribution in [3.63, 3.8) is 0 Å². The number of halogens is 1. The number of hydrogen-bond donors (Lipinski definition) is 1. The van der Waals surface area contributed by atoms with Crippen molar-refractivity contribution in [3.05, 3.63) is 53.7 Å². The summed E-state index contributed by atoms with van der Waals surface area (Å²) in [6.07, 6.45) is 1.51. The van der Waals surface area contributed by atoms with Crippen LogP contribution in [0.15, 0.2) is 48.7 Å². The van der Waals surface area contributed by atoms with Gasteiger partial charge in [0.05, 0.1) is 6.20 Å². The Bertz CT molecular complexity index is 761. The topological polar surface area (TPSA) is 47.0 Å². The molecule has 0 fully saturated rings. The number of anilines is 1. The molecule has 0 saturated heterocycles. The highest BCUT2D eigenvalue weighted by Crippen LogP contribution is 2.29. The van der Waals surface area contributed by atoms with Gasteiger partial charge in [-0.25, -0.2) is 4.98 Å². The summed E-state index contributed by atoms with van der Waals surface area (Å²) in [5.41, 5.74) is 0. The first-order valence-corrected chi connectivity index (χ1v) is 6.51. The van der Waals surface area contributed by atoms with Gasteiger partial charge in [-0.15, -0.1) is 0 Å². The van der Waals surface area contributed by atoms with E-state index >= 15 is 0 Å². The highest BCUT2D eigenvalue weighted by molar-refractivity contribution is 6.31. The minimum atomic E-state index is 0.335. The summed E-state index contributed by atoms with van der Waals surface area (Å²) in [6, 6.07) is 13.9. The third kappa shape index (κ3) is 2.51.